The van der Waals surface area contributed by atoms with E-state index in [0.717, 1.165) is 0 Å². The lowest BCUT2D eigenvalue weighted by Gasteiger charge is -2.31. The van der Waals surface area contributed by atoms with Gasteiger partial charge in [0.2, 0.25) is 0 Å². The van der Waals surface area contributed by atoms with Crippen molar-refractivity contribution in [1.82, 2.24) is 0 Å². The van der Waals surface area contributed by atoms with Crippen LogP contribution in [-0.4, -0.2) is 173 Å². The second-order valence-corrected chi connectivity index (χ2v) is 15.1. The van der Waals surface area contributed by atoms with Crippen molar-refractivity contribution in [3.05, 3.63) is 0 Å². The summed E-state index contributed by atoms with van der Waals surface area (Å²) in [6.07, 6.45) is 0. The molecule has 62 heavy (non-hydrogen) atoms. The molecule has 0 amide bonds. The van der Waals surface area contributed by atoms with Crippen LogP contribution in [-0.2, 0) is 0 Å². The third kappa shape index (κ3) is 5.25. The highest BCUT2D eigenvalue weighted by molar-refractivity contribution is 6.75. The topological polar surface area (TPSA) is 26.3 Å². The van der Waals surface area contributed by atoms with Crippen LogP contribution in [0.15, 0.2) is 8.83 Å². The zero-order valence-electron chi connectivity index (χ0n) is 32.5. The van der Waals surface area contributed by atoms with Crippen molar-refractivity contribution < 1.29 is 8.83 Å². The molecule has 7 aromatic carbocycles. The number of hydrogen-bond acceptors (Lipinski definition) is 2. The summed E-state index contributed by atoms with van der Waals surface area (Å²) in [7, 11) is 147. The molecule has 0 N–H and O–H groups in total. The Morgan fingerprint density at radius 3 is 0.710 bits per heavy atom. The van der Waals surface area contributed by atoms with E-state index in [4.69, 9.17) is 181 Å². The van der Waals surface area contributed by atoms with Crippen LogP contribution in [0.3, 0.4) is 0 Å². The van der Waals surface area contributed by atoms with Crippen LogP contribution in [0, 0.1) is 0 Å². The molecular weight excluding hydrogens is 726 g/mol. The Hall–Kier alpha value is -3.91. The average molecular weight is 726 g/mol. The van der Waals surface area contributed by atoms with Crippen molar-refractivity contribution in [2.75, 3.05) is 0 Å². The van der Waals surface area contributed by atoms with E-state index in [1.807, 2.05) is 0 Å². The van der Waals surface area contributed by atoms with Gasteiger partial charge >= 0.3 is 0 Å². The maximum atomic E-state index is 7.10. The first kappa shape index (κ1) is 43.3. The van der Waals surface area contributed by atoms with Gasteiger partial charge in [-0.25, -0.2) is 0 Å². The largest absolute Gasteiger partial charge is 0.457 e. The van der Waals surface area contributed by atoms with Crippen LogP contribution in [0.5, 0.6) is 0 Å². The molecule has 0 saturated carbocycles. The van der Waals surface area contributed by atoms with E-state index in [0.29, 0.717) is 0 Å². The fraction of sp³-hybridized carbons (Fsp3) is 0. The summed E-state index contributed by atoms with van der Waals surface area (Å²) < 4.78 is 12.8. The zero-order chi connectivity index (χ0) is 45.4. The minimum absolute atomic E-state index is 0.000171. The molecule has 0 aliphatic rings. The van der Waals surface area contributed by atoms with E-state index >= 15 is 0 Å². The van der Waals surface area contributed by atoms with Crippen molar-refractivity contribution in [2.24, 2.45) is 0 Å². The van der Waals surface area contributed by atoms with Crippen LogP contribution < -0.4 is 120 Å². The SMILES string of the molecule is [B]c1c([B])c([B])c2c(oc3c([B])c(-c4c5c([B])c([B])c([B])c([B])c5c(-c5c([B])c([B])c([B])c6c5oc5c([B])c([B])c([B])c([B])c56)c5c([B])c([B])c([B])c([B])c45)c([B])c([B])c32)c1[B]. The van der Waals surface area contributed by atoms with Crippen LogP contribution >= 0.6 is 0 Å². The van der Waals surface area contributed by atoms with Crippen molar-refractivity contribution in [1.29, 1.82) is 0 Å². The van der Waals surface area contributed by atoms with Crippen LogP contribution in [0.4, 0.5) is 0 Å². The van der Waals surface area contributed by atoms with E-state index in [9.17, 15) is 0 Å². The summed E-state index contributed by atoms with van der Waals surface area (Å²) in [6, 6.07) is 0. The molecule has 2 aromatic heterocycles. The molecule has 0 aliphatic carbocycles. The van der Waals surface area contributed by atoms with Gasteiger partial charge in [0.25, 0.3) is 0 Å². The first-order chi connectivity index (χ1) is 29.0. The smallest absolute Gasteiger partial charge is 0.141 e. The van der Waals surface area contributed by atoms with Gasteiger partial charge in [-0.1, -0.05) is 65.6 Å². The molecule has 0 aliphatic heterocycles. The molecule has 44 radical (unpaired) electrons. The molecule has 0 fully saturated rings. The minimum atomic E-state index is -0.150. The van der Waals surface area contributed by atoms with Gasteiger partial charge in [-0.05, 0) is 43.7 Å². The van der Waals surface area contributed by atoms with Crippen molar-refractivity contribution in [2.45, 2.75) is 0 Å². The molecule has 0 atom stereocenters. The summed E-state index contributed by atoms with van der Waals surface area (Å²) in [4.78, 5) is 0. The van der Waals surface area contributed by atoms with Gasteiger partial charge in [-0.3, -0.25) is 0 Å². The molecule has 0 bridgehead atoms. The van der Waals surface area contributed by atoms with Crippen LogP contribution in [0.2, 0.25) is 0 Å². The monoisotopic (exact) mass is 730 g/mol. The summed E-state index contributed by atoms with van der Waals surface area (Å²) in [5.74, 6) is 0. The fourth-order valence-electron chi connectivity index (χ4n) is 8.76. The number of rotatable bonds is 2. The summed E-state index contributed by atoms with van der Waals surface area (Å²) >= 11 is 0. The van der Waals surface area contributed by atoms with E-state index in [-0.39, 0.29) is 208 Å². The van der Waals surface area contributed by atoms with Gasteiger partial charge in [-0.15, -0.1) is 49.2 Å². The number of furan rings is 2. The highest BCUT2D eigenvalue weighted by Gasteiger charge is 2.31. The molecule has 0 spiro atoms. The maximum absolute atomic E-state index is 7.10. The highest BCUT2D eigenvalue weighted by Crippen LogP contribution is 2.42. The Balaban J connectivity index is 1.63. The van der Waals surface area contributed by atoms with E-state index < -0.39 is 0 Å². The number of benzene rings is 7. The predicted molar refractivity (Wildman–Crippen MR) is 285 cm³/mol. The van der Waals surface area contributed by atoms with Gasteiger partial charge in [-0.2, -0.15) is 0 Å². The lowest BCUT2D eigenvalue weighted by atomic mass is 9.57. The molecule has 9 rings (SSSR count). The predicted octanol–water partition coefficient (Wildman–Crippen LogP) is -15.4. The minimum Gasteiger partial charge on any atom is -0.457 e. The molecule has 24 heteroatoms. The Morgan fingerprint density at radius 1 is 0.145 bits per heavy atom. The standard InChI is InChI=1S/C38B22O2/c39-13-3-1(7-17(43)18(44)11-12-22(48)30(56)32(58)34(60)38(12)62-36(11)23(7)49)4-6(16(42)28(54)26(52)14(4)40)2(5(3)15(41)27(53)25(13)51)8-19(45)24(50)20(46)9-10-21(47)29(55)31(57)33(59)37(10)61-35(8)9. The van der Waals surface area contributed by atoms with E-state index in [1.54, 1.807) is 0 Å². The second-order valence-electron chi connectivity index (χ2n) is 15.1. The Labute approximate surface area is 387 Å². The number of fused-ring (bicyclic) bond motifs is 8. The van der Waals surface area contributed by atoms with Gasteiger partial charge in [0.1, 0.15) is 195 Å². The second kappa shape index (κ2) is 14.3. The number of hydrogen-bond donors (Lipinski definition) is 0. The maximum Gasteiger partial charge on any atom is 0.141 e. The van der Waals surface area contributed by atoms with E-state index in [2.05, 4.69) is 0 Å². The quantitative estimate of drug-likeness (QED) is 0.131. The molecular formula is C38B22O2. The fourth-order valence-corrected chi connectivity index (χ4v) is 8.76. The molecule has 2 heterocycles. The first-order valence-corrected chi connectivity index (χ1v) is 18.2. The summed E-state index contributed by atoms with van der Waals surface area (Å²) in [5.41, 5.74) is -2.04. The molecule has 0 saturated heterocycles. The van der Waals surface area contributed by atoms with Gasteiger partial charge < -0.3 is 8.83 Å². The van der Waals surface area contributed by atoms with Crippen molar-refractivity contribution >= 4 is 358 Å². The van der Waals surface area contributed by atoms with Crippen LogP contribution in [0.25, 0.3) is 87.7 Å². The van der Waals surface area contributed by atoms with Crippen LogP contribution in [0.1, 0.15) is 0 Å². The molecule has 0 unspecified atom stereocenters. The molecule has 2 nitrogen and oxygen atoms in total. The van der Waals surface area contributed by atoms with Crippen molar-refractivity contribution in [3.63, 3.8) is 0 Å². The Morgan fingerprint density at radius 2 is 0.355 bits per heavy atom. The molecule has 9 aromatic rings. The summed E-state index contributed by atoms with van der Waals surface area (Å²) in [5, 5.41) is 0.857. The third-order valence-electron chi connectivity index (χ3n) is 12.1. The third-order valence-corrected chi connectivity index (χ3v) is 12.1. The lowest BCUT2D eigenvalue weighted by molar-refractivity contribution is 0.673. The highest BCUT2D eigenvalue weighted by atomic mass is 16.3. The van der Waals surface area contributed by atoms with Crippen molar-refractivity contribution in [3.8, 4) is 22.3 Å². The normalized spacial score (nSPS) is 12.0. The van der Waals surface area contributed by atoms with E-state index in [1.165, 1.54) is 0 Å². The summed E-state index contributed by atoms with van der Waals surface area (Å²) in [6.45, 7) is 0. The van der Waals surface area contributed by atoms with Gasteiger partial charge in [0.05, 0.1) is 0 Å². The average Bonchev–Trinajstić information content (AvgIpc) is 3.85. The Bertz CT molecular complexity index is 3580. The van der Waals surface area contributed by atoms with Gasteiger partial charge in [0, 0.05) is 27.1 Å². The Kier molecular flexibility index (Phi) is 9.99. The molecule has 230 valence electrons. The zero-order valence-corrected chi connectivity index (χ0v) is 32.5. The first-order valence-electron chi connectivity index (χ1n) is 18.2. The lowest BCUT2D eigenvalue weighted by Crippen LogP contribution is -2.50. The van der Waals surface area contributed by atoms with Gasteiger partial charge in [0.15, 0.2) is 0 Å².